The molecule has 0 radical (unpaired) electrons. The second-order valence-electron chi connectivity index (χ2n) is 5.70. The van der Waals surface area contributed by atoms with Crippen molar-refractivity contribution in [1.82, 2.24) is 9.97 Å². The molecule has 0 atom stereocenters. The standard InChI is InChI=1S/C16H16N4O8S/c1-3-25-16(22)11-7(2)27-14-12(11)13(17)19-9(20-14)6-26-15(21)8-4-5-10(28-8)29(18,23)24/h4-5H,3,6H2,1-2H3,(H2,17,19,20)(H2,18,23,24). The first-order chi connectivity index (χ1) is 13.6. The van der Waals surface area contributed by atoms with Crippen LogP contribution < -0.4 is 10.9 Å². The van der Waals surface area contributed by atoms with Crippen LogP contribution in [0.15, 0.2) is 26.1 Å². The number of ether oxygens (including phenoxy) is 2. The molecular weight excluding hydrogens is 408 g/mol. The quantitative estimate of drug-likeness (QED) is 0.534. The maximum absolute atomic E-state index is 12.1. The number of esters is 2. The van der Waals surface area contributed by atoms with Crippen molar-refractivity contribution in [3.05, 3.63) is 35.0 Å². The van der Waals surface area contributed by atoms with Crippen molar-refractivity contribution in [2.75, 3.05) is 12.3 Å². The predicted octanol–water partition coefficient (Wildman–Crippen LogP) is 0.888. The van der Waals surface area contributed by atoms with Gasteiger partial charge < -0.3 is 24.0 Å². The summed E-state index contributed by atoms with van der Waals surface area (Å²) in [6, 6.07) is 2.12. The minimum absolute atomic E-state index is 0.00858. The molecule has 4 N–H and O–H groups in total. The highest BCUT2D eigenvalue weighted by molar-refractivity contribution is 7.89. The van der Waals surface area contributed by atoms with E-state index in [-0.39, 0.29) is 46.4 Å². The monoisotopic (exact) mass is 424 g/mol. The highest BCUT2D eigenvalue weighted by Gasteiger charge is 2.24. The van der Waals surface area contributed by atoms with Gasteiger partial charge in [-0.25, -0.2) is 28.1 Å². The van der Waals surface area contributed by atoms with E-state index in [1.165, 1.54) is 0 Å². The molecule has 0 aliphatic rings. The van der Waals surface area contributed by atoms with Crippen LogP contribution in [0.1, 0.15) is 39.4 Å². The van der Waals surface area contributed by atoms with Crippen LogP contribution in [0.2, 0.25) is 0 Å². The zero-order valence-electron chi connectivity index (χ0n) is 15.3. The van der Waals surface area contributed by atoms with E-state index in [9.17, 15) is 18.0 Å². The zero-order valence-corrected chi connectivity index (χ0v) is 16.1. The van der Waals surface area contributed by atoms with Gasteiger partial charge in [0.25, 0.3) is 10.0 Å². The van der Waals surface area contributed by atoms with Gasteiger partial charge in [0.1, 0.15) is 17.1 Å². The average Bonchev–Trinajstić information content (AvgIpc) is 3.24. The number of rotatable bonds is 6. The van der Waals surface area contributed by atoms with Crippen LogP contribution in [0.3, 0.4) is 0 Å². The summed E-state index contributed by atoms with van der Waals surface area (Å²) in [5.74, 6) is -1.78. The molecular formula is C16H16N4O8S. The van der Waals surface area contributed by atoms with E-state index in [0.717, 1.165) is 12.1 Å². The number of furan rings is 2. The number of nitrogen functional groups attached to an aromatic ring is 1. The van der Waals surface area contributed by atoms with Crippen LogP contribution in [-0.4, -0.2) is 36.9 Å². The smallest absolute Gasteiger partial charge is 0.374 e. The maximum Gasteiger partial charge on any atom is 0.374 e. The fourth-order valence-electron chi connectivity index (χ4n) is 2.48. The Morgan fingerprint density at radius 2 is 1.86 bits per heavy atom. The second-order valence-corrected chi connectivity index (χ2v) is 7.19. The molecule has 3 heterocycles. The third-order valence-corrected chi connectivity index (χ3v) is 4.46. The van der Waals surface area contributed by atoms with Crippen molar-refractivity contribution >= 4 is 38.9 Å². The number of hydrogen-bond donors (Lipinski definition) is 2. The number of primary sulfonamides is 1. The Morgan fingerprint density at radius 1 is 1.14 bits per heavy atom. The van der Waals surface area contributed by atoms with E-state index < -0.39 is 33.7 Å². The van der Waals surface area contributed by atoms with Crippen molar-refractivity contribution in [2.45, 2.75) is 25.5 Å². The van der Waals surface area contributed by atoms with Crippen LogP contribution in [0.25, 0.3) is 11.1 Å². The number of aromatic nitrogens is 2. The van der Waals surface area contributed by atoms with Gasteiger partial charge in [0, 0.05) is 0 Å². The molecule has 0 aliphatic heterocycles. The second kappa shape index (κ2) is 7.52. The minimum atomic E-state index is -4.09. The van der Waals surface area contributed by atoms with E-state index in [2.05, 4.69) is 9.97 Å². The van der Waals surface area contributed by atoms with Crippen molar-refractivity contribution in [1.29, 1.82) is 0 Å². The third kappa shape index (κ3) is 4.05. The van der Waals surface area contributed by atoms with Gasteiger partial charge in [-0.15, -0.1) is 0 Å². The molecule has 13 heteroatoms. The SMILES string of the molecule is CCOC(=O)c1c(C)oc2nc(COC(=O)c3ccc(S(N)(=O)=O)o3)nc(N)c12. The molecule has 3 aromatic heterocycles. The van der Waals surface area contributed by atoms with Crippen LogP contribution in [0.5, 0.6) is 0 Å². The molecule has 0 aliphatic carbocycles. The Balaban J connectivity index is 1.82. The number of hydrogen-bond acceptors (Lipinski definition) is 11. The molecule has 0 fully saturated rings. The van der Waals surface area contributed by atoms with Gasteiger partial charge in [0.05, 0.1) is 12.0 Å². The summed E-state index contributed by atoms with van der Waals surface area (Å²) in [7, 11) is -4.09. The number of nitrogens with zero attached hydrogens (tertiary/aromatic N) is 2. The lowest BCUT2D eigenvalue weighted by molar-refractivity contribution is 0.0419. The molecule has 0 bridgehead atoms. The van der Waals surface area contributed by atoms with Gasteiger partial charge in [0.2, 0.25) is 16.6 Å². The molecule has 12 nitrogen and oxygen atoms in total. The number of nitrogens with two attached hydrogens (primary N) is 2. The highest BCUT2D eigenvalue weighted by Crippen LogP contribution is 2.29. The average molecular weight is 424 g/mol. The number of fused-ring (bicyclic) bond motifs is 1. The Bertz CT molecular complexity index is 1210. The molecule has 154 valence electrons. The number of carbonyl (C=O) groups is 2. The summed E-state index contributed by atoms with van der Waals surface area (Å²) in [5, 5.41) is 4.52. The van der Waals surface area contributed by atoms with Crippen molar-refractivity contribution in [3.63, 3.8) is 0 Å². The first-order valence-electron chi connectivity index (χ1n) is 8.14. The van der Waals surface area contributed by atoms with Crippen LogP contribution in [0, 0.1) is 6.92 Å². The minimum Gasteiger partial charge on any atom is -0.462 e. The van der Waals surface area contributed by atoms with Gasteiger partial charge in [0.15, 0.2) is 12.4 Å². The van der Waals surface area contributed by atoms with Crippen LogP contribution in [-0.2, 0) is 26.1 Å². The summed E-state index contributed by atoms with van der Waals surface area (Å²) < 4.78 is 42.6. The third-order valence-electron chi connectivity index (χ3n) is 3.68. The first kappa shape index (κ1) is 20.3. The summed E-state index contributed by atoms with van der Waals surface area (Å²) in [5.41, 5.74) is 6.06. The largest absolute Gasteiger partial charge is 0.462 e. The topological polar surface area (TPSA) is 191 Å². The molecule has 3 rings (SSSR count). The number of sulfonamides is 1. The molecule has 0 spiro atoms. The van der Waals surface area contributed by atoms with Gasteiger partial charge in [-0.2, -0.15) is 4.98 Å². The van der Waals surface area contributed by atoms with Gasteiger partial charge >= 0.3 is 11.9 Å². The Morgan fingerprint density at radius 3 is 2.48 bits per heavy atom. The maximum atomic E-state index is 12.1. The molecule has 0 saturated carbocycles. The summed E-state index contributed by atoms with van der Waals surface area (Å²) >= 11 is 0. The number of anilines is 1. The Kier molecular flexibility index (Phi) is 5.26. The van der Waals surface area contributed by atoms with E-state index >= 15 is 0 Å². The summed E-state index contributed by atoms with van der Waals surface area (Å²) in [6.07, 6.45) is 0. The molecule has 0 saturated heterocycles. The lowest BCUT2D eigenvalue weighted by Crippen LogP contribution is -2.11. The highest BCUT2D eigenvalue weighted by atomic mass is 32.2. The van der Waals surface area contributed by atoms with Gasteiger partial charge in [-0.3, -0.25) is 0 Å². The zero-order chi connectivity index (χ0) is 21.3. The van der Waals surface area contributed by atoms with Crippen molar-refractivity contribution < 1.29 is 36.3 Å². The predicted molar refractivity (Wildman–Crippen MR) is 96.1 cm³/mol. The fourth-order valence-corrected chi connectivity index (χ4v) is 2.94. The molecule has 3 aromatic rings. The van der Waals surface area contributed by atoms with Gasteiger partial charge in [-0.1, -0.05) is 0 Å². The summed E-state index contributed by atoms with van der Waals surface area (Å²) in [4.78, 5) is 32.2. The normalized spacial score (nSPS) is 11.6. The molecule has 0 amide bonds. The fraction of sp³-hybridized carbons (Fsp3) is 0.250. The molecule has 0 aromatic carbocycles. The molecule has 0 unspecified atom stereocenters. The van der Waals surface area contributed by atoms with Gasteiger partial charge in [-0.05, 0) is 26.0 Å². The van der Waals surface area contributed by atoms with Crippen molar-refractivity contribution in [3.8, 4) is 0 Å². The summed E-state index contributed by atoms with van der Waals surface area (Å²) in [6.45, 7) is 2.96. The Labute approximate surface area is 163 Å². The first-order valence-corrected chi connectivity index (χ1v) is 9.68. The van der Waals surface area contributed by atoms with Crippen LogP contribution >= 0.6 is 0 Å². The Hall–Kier alpha value is -3.45. The molecule has 29 heavy (non-hydrogen) atoms. The van der Waals surface area contributed by atoms with E-state index in [1.807, 2.05) is 0 Å². The van der Waals surface area contributed by atoms with Crippen molar-refractivity contribution in [2.24, 2.45) is 5.14 Å². The lowest BCUT2D eigenvalue weighted by Gasteiger charge is -2.04. The lowest BCUT2D eigenvalue weighted by atomic mass is 10.2. The van der Waals surface area contributed by atoms with E-state index in [4.69, 9.17) is 29.2 Å². The van der Waals surface area contributed by atoms with Crippen LogP contribution in [0.4, 0.5) is 5.82 Å². The number of carbonyl (C=O) groups excluding carboxylic acids is 2. The van der Waals surface area contributed by atoms with E-state index in [0.29, 0.717) is 0 Å². The van der Waals surface area contributed by atoms with E-state index in [1.54, 1.807) is 13.8 Å². The number of aryl methyl sites for hydroxylation is 1.